The first-order valence-corrected chi connectivity index (χ1v) is 6.11. The molecule has 0 unspecified atom stereocenters. The highest BCUT2D eigenvalue weighted by Crippen LogP contribution is 2.23. The summed E-state index contributed by atoms with van der Waals surface area (Å²) in [6.07, 6.45) is 0. The van der Waals surface area contributed by atoms with E-state index in [4.69, 9.17) is 10.5 Å². The Kier molecular flexibility index (Phi) is 3.92. The lowest BCUT2D eigenvalue weighted by Crippen LogP contribution is -2.14. The highest BCUT2D eigenvalue weighted by molar-refractivity contribution is 6.13. The number of ketones is 1. The van der Waals surface area contributed by atoms with Gasteiger partial charge in [-0.2, -0.15) is 0 Å². The van der Waals surface area contributed by atoms with Crippen molar-refractivity contribution in [2.45, 2.75) is 6.92 Å². The molecule has 0 aliphatic carbocycles. The van der Waals surface area contributed by atoms with Crippen molar-refractivity contribution in [2.75, 3.05) is 13.2 Å². The van der Waals surface area contributed by atoms with Crippen LogP contribution in [0.3, 0.4) is 0 Å². The molecule has 98 valence electrons. The second kappa shape index (κ2) is 5.63. The molecule has 0 heterocycles. The number of esters is 1. The minimum atomic E-state index is -0.384. The van der Waals surface area contributed by atoms with E-state index < -0.39 is 0 Å². The number of benzene rings is 2. The molecule has 0 aliphatic heterocycles. The molecular weight excluding hydrogens is 242 g/mol. The first kappa shape index (κ1) is 13.2. The number of carbonyl (C=O) groups excluding carboxylic acids is 2. The normalized spacial score (nSPS) is 10.4. The van der Waals surface area contributed by atoms with Crippen LogP contribution in [0.5, 0.6) is 0 Å². The van der Waals surface area contributed by atoms with E-state index in [1.807, 2.05) is 0 Å². The monoisotopic (exact) mass is 257 g/mol. The van der Waals surface area contributed by atoms with Crippen molar-refractivity contribution in [3.8, 4) is 0 Å². The number of carbonyl (C=O) groups is 2. The smallest absolute Gasteiger partial charge is 0.338 e. The van der Waals surface area contributed by atoms with Crippen molar-refractivity contribution in [1.29, 1.82) is 0 Å². The van der Waals surface area contributed by atoms with Crippen LogP contribution in [0.4, 0.5) is 0 Å². The zero-order valence-corrected chi connectivity index (χ0v) is 10.7. The van der Waals surface area contributed by atoms with Crippen molar-refractivity contribution in [3.63, 3.8) is 0 Å². The quantitative estimate of drug-likeness (QED) is 0.673. The molecule has 0 spiro atoms. The lowest BCUT2D eigenvalue weighted by atomic mass is 9.98. The van der Waals surface area contributed by atoms with Gasteiger partial charge in [-0.3, -0.25) is 4.79 Å². The molecule has 0 aromatic heterocycles. The van der Waals surface area contributed by atoms with E-state index in [0.29, 0.717) is 23.1 Å². The van der Waals surface area contributed by atoms with Gasteiger partial charge in [0.2, 0.25) is 0 Å². The average Bonchev–Trinajstić information content (AvgIpc) is 2.45. The first-order valence-electron chi connectivity index (χ1n) is 6.11. The molecule has 2 rings (SSSR count). The summed E-state index contributed by atoms with van der Waals surface area (Å²) in [6, 6.07) is 10.5. The molecule has 0 atom stereocenters. The number of hydrogen-bond acceptors (Lipinski definition) is 4. The molecular formula is C15H15NO3. The summed E-state index contributed by atoms with van der Waals surface area (Å²) in [5, 5.41) is 1.43. The molecule has 0 fully saturated rings. The zero-order valence-electron chi connectivity index (χ0n) is 10.7. The Labute approximate surface area is 111 Å². The largest absolute Gasteiger partial charge is 0.462 e. The minimum absolute atomic E-state index is 0.0528. The van der Waals surface area contributed by atoms with Gasteiger partial charge in [0.05, 0.1) is 18.7 Å². The van der Waals surface area contributed by atoms with Gasteiger partial charge < -0.3 is 10.5 Å². The highest BCUT2D eigenvalue weighted by atomic mass is 16.5. The fraction of sp³-hybridized carbons (Fsp3) is 0.200. The molecule has 19 heavy (non-hydrogen) atoms. The second-order valence-corrected chi connectivity index (χ2v) is 4.05. The summed E-state index contributed by atoms with van der Waals surface area (Å²) in [6.45, 7) is 2.02. The molecule has 2 N–H and O–H groups in total. The van der Waals surface area contributed by atoms with Crippen LogP contribution in [0.15, 0.2) is 36.4 Å². The van der Waals surface area contributed by atoms with Gasteiger partial charge in [-0.15, -0.1) is 0 Å². The number of ether oxygens (including phenoxy) is 1. The van der Waals surface area contributed by atoms with Gasteiger partial charge in [0.15, 0.2) is 5.78 Å². The number of fused-ring (bicyclic) bond motifs is 1. The van der Waals surface area contributed by atoms with E-state index in [1.165, 1.54) is 0 Å². The van der Waals surface area contributed by atoms with Crippen LogP contribution < -0.4 is 5.73 Å². The maximum Gasteiger partial charge on any atom is 0.338 e. The number of rotatable bonds is 4. The standard InChI is InChI=1S/C15H15NO3/c1-2-19-15(18)13-8-4-5-10-11(13)6-3-7-12(10)14(17)9-16/h3-8H,2,9,16H2,1H3. The lowest BCUT2D eigenvalue weighted by Gasteiger charge is -2.08. The topological polar surface area (TPSA) is 69.4 Å². The van der Waals surface area contributed by atoms with Crippen molar-refractivity contribution < 1.29 is 14.3 Å². The van der Waals surface area contributed by atoms with Gasteiger partial charge in [-0.1, -0.05) is 30.3 Å². The average molecular weight is 257 g/mol. The molecule has 0 saturated carbocycles. The van der Waals surface area contributed by atoms with Crippen molar-refractivity contribution in [3.05, 3.63) is 47.5 Å². The summed E-state index contributed by atoms with van der Waals surface area (Å²) >= 11 is 0. The van der Waals surface area contributed by atoms with E-state index in [1.54, 1.807) is 43.3 Å². The Morgan fingerprint density at radius 1 is 1.05 bits per heavy atom. The second-order valence-electron chi connectivity index (χ2n) is 4.05. The third-order valence-corrected chi connectivity index (χ3v) is 2.90. The van der Waals surface area contributed by atoms with Gasteiger partial charge in [0, 0.05) is 5.56 Å². The van der Waals surface area contributed by atoms with Crippen LogP contribution in [0.2, 0.25) is 0 Å². The molecule has 0 bridgehead atoms. The van der Waals surface area contributed by atoms with E-state index in [0.717, 1.165) is 5.39 Å². The number of nitrogens with two attached hydrogens (primary N) is 1. The molecule has 0 amide bonds. The van der Waals surface area contributed by atoms with Gasteiger partial charge >= 0.3 is 5.97 Å². The van der Waals surface area contributed by atoms with Crippen LogP contribution in [0.1, 0.15) is 27.6 Å². The number of Topliss-reactive ketones (excluding diaryl/α,β-unsaturated/α-hetero) is 1. The van der Waals surface area contributed by atoms with E-state index in [9.17, 15) is 9.59 Å². The Balaban J connectivity index is 2.64. The van der Waals surface area contributed by atoms with E-state index >= 15 is 0 Å². The van der Waals surface area contributed by atoms with Crippen LogP contribution in [0, 0.1) is 0 Å². The SMILES string of the molecule is CCOC(=O)c1cccc2c(C(=O)CN)cccc12. The molecule has 4 heteroatoms. The molecule has 4 nitrogen and oxygen atoms in total. The number of hydrogen-bond donors (Lipinski definition) is 1. The van der Waals surface area contributed by atoms with Gasteiger partial charge in [-0.25, -0.2) is 4.79 Å². The Hall–Kier alpha value is -2.20. The third kappa shape index (κ3) is 2.48. The van der Waals surface area contributed by atoms with Crippen LogP contribution in [0.25, 0.3) is 10.8 Å². The van der Waals surface area contributed by atoms with E-state index in [-0.39, 0.29) is 18.3 Å². The minimum Gasteiger partial charge on any atom is -0.462 e. The predicted octanol–water partition coefficient (Wildman–Crippen LogP) is 2.16. The third-order valence-electron chi connectivity index (χ3n) is 2.90. The van der Waals surface area contributed by atoms with Gasteiger partial charge in [0.25, 0.3) is 0 Å². The fourth-order valence-electron chi connectivity index (χ4n) is 2.05. The fourth-order valence-corrected chi connectivity index (χ4v) is 2.05. The van der Waals surface area contributed by atoms with Crippen molar-refractivity contribution in [1.82, 2.24) is 0 Å². The molecule has 0 saturated heterocycles. The predicted molar refractivity (Wildman–Crippen MR) is 73.3 cm³/mol. The van der Waals surface area contributed by atoms with Gasteiger partial charge in [-0.05, 0) is 23.8 Å². The molecule has 2 aromatic rings. The Morgan fingerprint density at radius 2 is 1.63 bits per heavy atom. The summed E-state index contributed by atoms with van der Waals surface area (Å²) in [7, 11) is 0. The van der Waals surface area contributed by atoms with Gasteiger partial charge in [0.1, 0.15) is 0 Å². The van der Waals surface area contributed by atoms with E-state index in [2.05, 4.69) is 0 Å². The Bertz CT molecular complexity index is 634. The summed E-state index contributed by atoms with van der Waals surface area (Å²) in [5.74, 6) is -0.531. The molecule has 2 aromatic carbocycles. The highest BCUT2D eigenvalue weighted by Gasteiger charge is 2.14. The first-order chi connectivity index (χ1) is 9.19. The van der Waals surface area contributed by atoms with Crippen molar-refractivity contribution in [2.24, 2.45) is 5.73 Å². The summed E-state index contributed by atoms with van der Waals surface area (Å²) < 4.78 is 5.01. The lowest BCUT2D eigenvalue weighted by molar-refractivity contribution is 0.0528. The maximum atomic E-state index is 11.9. The molecule has 0 radical (unpaired) electrons. The van der Waals surface area contributed by atoms with Crippen LogP contribution in [-0.4, -0.2) is 24.9 Å². The molecule has 0 aliphatic rings. The van der Waals surface area contributed by atoms with Crippen molar-refractivity contribution >= 4 is 22.5 Å². The maximum absolute atomic E-state index is 11.9. The summed E-state index contributed by atoms with van der Waals surface area (Å²) in [5.41, 5.74) is 6.40. The Morgan fingerprint density at radius 3 is 2.21 bits per heavy atom. The van der Waals surface area contributed by atoms with Crippen LogP contribution in [-0.2, 0) is 4.74 Å². The zero-order chi connectivity index (χ0) is 13.8. The summed E-state index contributed by atoms with van der Waals surface area (Å²) in [4.78, 5) is 23.7. The van der Waals surface area contributed by atoms with Crippen LogP contribution >= 0.6 is 0 Å².